The van der Waals surface area contributed by atoms with Crippen LogP contribution >= 0.6 is 0 Å². The van der Waals surface area contributed by atoms with Gasteiger partial charge in [0.15, 0.2) is 0 Å². The van der Waals surface area contributed by atoms with Crippen LogP contribution in [0.15, 0.2) is 78.9 Å². The van der Waals surface area contributed by atoms with E-state index in [1.807, 2.05) is 49.4 Å². The van der Waals surface area contributed by atoms with Gasteiger partial charge >= 0.3 is 0 Å². The number of benzene rings is 3. The first-order valence-corrected chi connectivity index (χ1v) is 14.4. The van der Waals surface area contributed by atoms with E-state index in [2.05, 4.69) is 5.32 Å². The molecule has 0 aliphatic heterocycles. The molecule has 2 amide bonds. The molecule has 9 heteroatoms. The highest BCUT2D eigenvalue weighted by Gasteiger charge is 2.33. The van der Waals surface area contributed by atoms with Crippen molar-refractivity contribution in [2.24, 2.45) is 0 Å². The largest absolute Gasteiger partial charge is 0.355 e. The Morgan fingerprint density at radius 1 is 0.895 bits per heavy atom. The topological polar surface area (TPSA) is 86.8 Å². The Kier molecular flexibility index (Phi) is 10.0. The van der Waals surface area contributed by atoms with Gasteiger partial charge in [-0.1, -0.05) is 67.6 Å². The van der Waals surface area contributed by atoms with Crippen LogP contribution in [0, 0.1) is 5.82 Å². The number of halogens is 1. The van der Waals surface area contributed by atoms with Crippen LogP contribution in [0.25, 0.3) is 0 Å². The first-order valence-electron chi connectivity index (χ1n) is 12.5. The molecule has 1 unspecified atom stereocenters. The third-order valence-electron chi connectivity index (χ3n) is 6.23. The van der Waals surface area contributed by atoms with Gasteiger partial charge in [-0.3, -0.25) is 13.9 Å². The molecule has 0 bridgehead atoms. The number of rotatable bonds is 12. The Morgan fingerprint density at radius 2 is 1.53 bits per heavy atom. The molecule has 0 saturated heterocycles. The van der Waals surface area contributed by atoms with E-state index < -0.39 is 40.2 Å². The number of hydrogen-bond acceptors (Lipinski definition) is 4. The number of amides is 2. The van der Waals surface area contributed by atoms with Crippen LogP contribution in [0.3, 0.4) is 0 Å². The zero-order valence-electron chi connectivity index (χ0n) is 21.9. The number of nitrogens with one attached hydrogen (secondary N) is 1. The van der Waals surface area contributed by atoms with Crippen molar-refractivity contribution < 1.29 is 22.4 Å². The van der Waals surface area contributed by atoms with Crippen molar-refractivity contribution in [2.45, 2.75) is 39.3 Å². The third-order valence-corrected chi connectivity index (χ3v) is 7.37. The number of carbonyl (C=O) groups excluding carboxylic acids is 2. The van der Waals surface area contributed by atoms with Gasteiger partial charge in [-0.15, -0.1) is 0 Å². The van der Waals surface area contributed by atoms with Crippen molar-refractivity contribution in [3.8, 4) is 0 Å². The molecule has 0 spiro atoms. The minimum absolute atomic E-state index is 0.178. The lowest BCUT2D eigenvalue weighted by atomic mass is 10.0. The number of likely N-dealkylation sites (N-methyl/N-ethyl adjacent to an activating group) is 1. The number of carbonyl (C=O) groups is 2. The molecule has 7 nitrogen and oxygen atoms in total. The second kappa shape index (κ2) is 13.2. The number of sulfonamides is 1. The summed E-state index contributed by atoms with van der Waals surface area (Å²) < 4.78 is 41.3. The number of hydrogen-bond donors (Lipinski definition) is 1. The maximum Gasteiger partial charge on any atom is 0.244 e. The molecule has 0 aromatic heterocycles. The van der Waals surface area contributed by atoms with E-state index in [1.54, 1.807) is 37.3 Å². The molecule has 0 aliphatic carbocycles. The van der Waals surface area contributed by atoms with Gasteiger partial charge in [0.05, 0.1) is 11.9 Å². The van der Waals surface area contributed by atoms with Gasteiger partial charge in [0.25, 0.3) is 0 Å². The van der Waals surface area contributed by atoms with E-state index >= 15 is 0 Å². The van der Waals surface area contributed by atoms with Gasteiger partial charge < -0.3 is 10.2 Å². The van der Waals surface area contributed by atoms with Gasteiger partial charge in [-0.05, 0) is 42.7 Å². The highest BCUT2D eigenvalue weighted by atomic mass is 32.2. The van der Waals surface area contributed by atoms with Crippen LogP contribution in [0.5, 0.6) is 0 Å². The average Bonchev–Trinajstić information content (AvgIpc) is 2.90. The summed E-state index contributed by atoms with van der Waals surface area (Å²) in [4.78, 5) is 28.4. The predicted octanol–water partition coefficient (Wildman–Crippen LogP) is 3.93. The van der Waals surface area contributed by atoms with Crippen molar-refractivity contribution in [1.29, 1.82) is 0 Å². The molecule has 1 atom stereocenters. The predicted molar refractivity (Wildman–Crippen MR) is 148 cm³/mol. The Balaban J connectivity index is 2.03. The SMILES string of the molecule is CCNC(=O)C(Cc1ccccc1)N(Cc1ccccc1F)C(=O)CN(c1ccc(CC)cc1)S(C)(=O)=O. The second-order valence-corrected chi connectivity index (χ2v) is 10.9. The van der Waals surface area contributed by atoms with Gasteiger partial charge in [-0.2, -0.15) is 0 Å². The van der Waals surface area contributed by atoms with Crippen LogP contribution in [0.1, 0.15) is 30.5 Å². The van der Waals surface area contributed by atoms with Crippen molar-refractivity contribution in [3.63, 3.8) is 0 Å². The fourth-order valence-corrected chi connectivity index (χ4v) is 5.02. The fraction of sp³-hybridized carbons (Fsp3) is 0.310. The lowest BCUT2D eigenvalue weighted by Gasteiger charge is -2.33. The highest BCUT2D eigenvalue weighted by molar-refractivity contribution is 7.92. The first kappa shape index (κ1) is 28.8. The molecular weight excluding hydrogens is 505 g/mol. The van der Waals surface area contributed by atoms with Crippen molar-refractivity contribution in [1.82, 2.24) is 10.2 Å². The zero-order chi connectivity index (χ0) is 27.7. The Bertz CT molecular complexity index is 1330. The van der Waals surface area contributed by atoms with Gasteiger partial charge in [0, 0.05) is 25.1 Å². The highest BCUT2D eigenvalue weighted by Crippen LogP contribution is 2.21. The molecule has 3 aromatic carbocycles. The quantitative estimate of drug-likeness (QED) is 0.378. The average molecular weight is 540 g/mol. The van der Waals surface area contributed by atoms with Crippen molar-refractivity contribution in [2.75, 3.05) is 23.7 Å². The Labute approximate surface area is 224 Å². The second-order valence-electron chi connectivity index (χ2n) is 9.00. The lowest BCUT2D eigenvalue weighted by Crippen LogP contribution is -2.53. The maximum atomic E-state index is 14.7. The molecule has 1 N–H and O–H groups in total. The number of nitrogens with zero attached hydrogens (tertiary/aromatic N) is 2. The van der Waals surface area contributed by atoms with E-state index in [1.165, 1.54) is 11.0 Å². The molecule has 0 aliphatic rings. The molecule has 3 rings (SSSR count). The minimum atomic E-state index is -3.85. The molecule has 38 heavy (non-hydrogen) atoms. The van der Waals surface area contributed by atoms with Gasteiger partial charge in [-0.25, -0.2) is 12.8 Å². The van der Waals surface area contributed by atoms with Crippen LogP contribution in [-0.4, -0.2) is 50.5 Å². The summed E-state index contributed by atoms with van der Waals surface area (Å²) in [5.41, 5.74) is 2.39. The summed E-state index contributed by atoms with van der Waals surface area (Å²) in [6.07, 6.45) is 1.99. The van der Waals surface area contributed by atoms with Gasteiger partial charge in [0.1, 0.15) is 18.4 Å². The molecule has 0 heterocycles. The van der Waals surface area contributed by atoms with Gasteiger partial charge in [0.2, 0.25) is 21.8 Å². The fourth-order valence-electron chi connectivity index (χ4n) is 4.17. The van der Waals surface area contributed by atoms with E-state index in [9.17, 15) is 22.4 Å². The van der Waals surface area contributed by atoms with E-state index in [4.69, 9.17) is 0 Å². The normalized spacial score (nSPS) is 12.0. The number of anilines is 1. The van der Waals surface area contributed by atoms with Crippen molar-refractivity contribution in [3.05, 3.63) is 101 Å². The van der Waals surface area contributed by atoms with Crippen LogP contribution < -0.4 is 9.62 Å². The Morgan fingerprint density at radius 3 is 2.11 bits per heavy atom. The molecule has 0 radical (unpaired) electrons. The molecular formula is C29H34FN3O4S. The maximum absolute atomic E-state index is 14.7. The summed E-state index contributed by atoms with van der Waals surface area (Å²) >= 11 is 0. The summed E-state index contributed by atoms with van der Waals surface area (Å²) in [6.45, 7) is 3.36. The summed E-state index contributed by atoms with van der Waals surface area (Å²) in [5.74, 6) is -1.54. The zero-order valence-corrected chi connectivity index (χ0v) is 22.7. The standard InChI is InChI=1S/C29H34FN3O4S/c1-4-22-15-17-25(18-16-22)33(38(3,36)37)21-28(34)32(20-24-13-9-10-14-26(24)30)27(29(35)31-5-2)19-23-11-7-6-8-12-23/h6-18,27H,4-5,19-21H2,1-3H3,(H,31,35). The van der Waals surface area contributed by atoms with Crippen LogP contribution in [0.2, 0.25) is 0 Å². The third kappa shape index (κ3) is 7.64. The minimum Gasteiger partial charge on any atom is -0.355 e. The first-order chi connectivity index (χ1) is 18.1. The summed E-state index contributed by atoms with van der Waals surface area (Å²) in [6, 6.07) is 21.2. The lowest BCUT2D eigenvalue weighted by molar-refractivity contribution is -0.140. The molecule has 0 saturated carbocycles. The van der Waals surface area contributed by atoms with E-state index in [-0.39, 0.29) is 18.5 Å². The summed E-state index contributed by atoms with van der Waals surface area (Å²) in [7, 11) is -3.85. The molecule has 0 fully saturated rings. The summed E-state index contributed by atoms with van der Waals surface area (Å²) in [5, 5.41) is 2.77. The van der Waals surface area contributed by atoms with Crippen molar-refractivity contribution >= 4 is 27.5 Å². The van der Waals surface area contributed by atoms with E-state index in [0.717, 1.165) is 28.1 Å². The van der Waals surface area contributed by atoms with E-state index in [0.29, 0.717) is 12.2 Å². The monoisotopic (exact) mass is 539 g/mol. The molecule has 202 valence electrons. The number of aryl methyl sites for hydroxylation is 1. The molecule has 3 aromatic rings. The van der Waals surface area contributed by atoms with Crippen LogP contribution in [-0.2, 0) is 39.0 Å². The smallest absolute Gasteiger partial charge is 0.244 e. The Hall–Kier alpha value is -3.72. The van der Waals surface area contributed by atoms with Crippen LogP contribution in [0.4, 0.5) is 10.1 Å².